The lowest BCUT2D eigenvalue weighted by atomic mass is 9.79. The van der Waals surface area contributed by atoms with Crippen molar-refractivity contribution in [1.29, 1.82) is 0 Å². The zero-order chi connectivity index (χ0) is 26.4. The molecule has 0 aliphatic carbocycles. The number of hydrogen-bond donors (Lipinski definition) is 2. The molecule has 1 fully saturated rings. The van der Waals surface area contributed by atoms with E-state index in [0.29, 0.717) is 18.7 Å². The first kappa shape index (κ1) is 27.0. The number of benzene rings is 2. The summed E-state index contributed by atoms with van der Waals surface area (Å²) in [6, 6.07) is 19.9. The summed E-state index contributed by atoms with van der Waals surface area (Å²) in [4.78, 5) is 18.4. The maximum Gasteiger partial charge on any atom is 0.407 e. The molecular formula is C29H37N3O4S. The van der Waals surface area contributed by atoms with Gasteiger partial charge in [-0.25, -0.2) is 4.79 Å². The van der Waals surface area contributed by atoms with Gasteiger partial charge in [-0.2, -0.15) is 0 Å². The van der Waals surface area contributed by atoms with Crippen molar-refractivity contribution in [3.63, 3.8) is 0 Å². The van der Waals surface area contributed by atoms with E-state index >= 15 is 0 Å². The van der Waals surface area contributed by atoms with Crippen LogP contribution >= 0.6 is 11.3 Å². The third kappa shape index (κ3) is 6.63. The fourth-order valence-corrected chi connectivity index (χ4v) is 5.94. The molecule has 198 valence electrons. The molecular weight excluding hydrogens is 486 g/mol. The van der Waals surface area contributed by atoms with Gasteiger partial charge in [-0.1, -0.05) is 30.3 Å². The van der Waals surface area contributed by atoms with E-state index in [9.17, 15) is 15.0 Å². The lowest BCUT2D eigenvalue weighted by Crippen LogP contribution is -2.50. The number of nitrogens with zero attached hydrogens (tertiary/aromatic N) is 3. The molecule has 3 aromatic rings. The molecule has 0 spiro atoms. The minimum atomic E-state index is -0.934. The number of hydrogen-bond acceptors (Lipinski definition) is 6. The average Bonchev–Trinajstić information content (AvgIpc) is 3.42. The molecule has 37 heavy (non-hydrogen) atoms. The molecule has 0 bridgehead atoms. The summed E-state index contributed by atoms with van der Waals surface area (Å²) < 4.78 is 6.39. The van der Waals surface area contributed by atoms with E-state index in [0.717, 1.165) is 43.1 Å². The van der Waals surface area contributed by atoms with Crippen LogP contribution in [0.25, 0.3) is 0 Å². The Balaban J connectivity index is 1.41. The van der Waals surface area contributed by atoms with Crippen molar-refractivity contribution in [2.45, 2.75) is 37.5 Å². The Morgan fingerprint density at radius 2 is 1.84 bits per heavy atom. The third-order valence-electron chi connectivity index (χ3n) is 7.42. The molecule has 1 aliphatic heterocycles. The second kappa shape index (κ2) is 12.0. The lowest BCUT2D eigenvalue weighted by molar-refractivity contribution is 0.0505. The number of likely N-dealkylation sites (tertiary alicyclic amines) is 1. The molecule has 2 aromatic carbocycles. The Morgan fingerprint density at radius 1 is 1.08 bits per heavy atom. The van der Waals surface area contributed by atoms with Crippen molar-refractivity contribution in [2.75, 3.05) is 40.8 Å². The molecule has 0 saturated carbocycles. The Kier molecular flexibility index (Phi) is 8.74. The van der Waals surface area contributed by atoms with Crippen molar-refractivity contribution in [3.8, 4) is 11.5 Å². The number of carboxylic acid groups (broad SMARTS) is 1. The van der Waals surface area contributed by atoms with Crippen LogP contribution in [0, 0.1) is 0 Å². The smallest absolute Gasteiger partial charge is 0.407 e. The predicted octanol–water partition coefficient (Wildman–Crippen LogP) is 5.63. The van der Waals surface area contributed by atoms with Crippen LogP contribution in [-0.2, 0) is 12.1 Å². The molecule has 8 heteroatoms. The van der Waals surface area contributed by atoms with Crippen molar-refractivity contribution in [3.05, 3.63) is 82.0 Å². The number of aromatic hydroxyl groups is 1. The Morgan fingerprint density at radius 3 is 2.49 bits per heavy atom. The predicted molar refractivity (Wildman–Crippen MR) is 147 cm³/mol. The van der Waals surface area contributed by atoms with E-state index in [1.54, 1.807) is 24.5 Å². The number of carbonyl (C=O) groups is 1. The standard InChI is InChI=1S/C29H37N3O4S/c1-30(2)29(23-8-5-9-24(33)20-23)13-16-32(17-14-29)21-22-7-4-10-25(19-22)36-26(27-11-6-18-37-27)12-15-31(3)28(34)35/h4-11,18-20,26,33H,12-17,21H2,1-3H3,(H,34,35). The normalized spacial score (nSPS) is 16.4. The van der Waals surface area contributed by atoms with E-state index in [2.05, 4.69) is 42.1 Å². The summed E-state index contributed by atoms with van der Waals surface area (Å²) in [5.41, 5.74) is 2.28. The molecule has 7 nitrogen and oxygen atoms in total. The van der Waals surface area contributed by atoms with Gasteiger partial charge >= 0.3 is 6.09 Å². The van der Waals surface area contributed by atoms with Gasteiger partial charge in [0.05, 0.1) is 0 Å². The molecule has 1 aromatic heterocycles. The highest BCUT2D eigenvalue weighted by Crippen LogP contribution is 2.39. The maximum absolute atomic E-state index is 11.2. The maximum atomic E-state index is 11.2. The number of piperidine rings is 1. The Hall–Kier alpha value is -3.07. The van der Waals surface area contributed by atoms with Gasteiger partial charge < -0.3 is 19.8 Å². The number of phenolic OH excluding ortho intramolecular Hbond substituents is 1. The molecule has 1 saturated heterocycles. The van der Waals surface area contributed by atoms with Crippen molar-refractivity contribution in [1.82, 2.24) is 14.7 Å². The van der Waals surface area contributed by atoms with Gasteiger partial charge in [0, 0.05) is 50.1 Å². The Bertz CT molecular complexity index is 1160. The first-order valence-corrected chi connectivity index (χ1v) is 13.6. The number of phenols is 1. The zero-order valence-electron chi connectivity index (χ0n) is 21.8. The highest BCUT2D eigenvalue weighted by Gasteiger charge is 2.38. The average molecular weight is 524 g/mol. The van der Waals surface area contributed by atoms with Gasteiger partial charge in [0.15, 0.2) is 0 Å². The fraction of sp³-hybridized carbons (Fsp3) is 0.414. The molecule has 0 radical (unpaired) electrons. The highest BCUT2D eigenvalue weighted by atomic mass is 32.1. The summed E-state index contributed by atoms with van der Waals surface area (Å²) in [5, 5.41) is 21.3. The second-order valence-corrected chi connectivity index (χ2v) is 11.0. The molecule has 1 atom stereocenters. The molecule has 2 heterocycles. The first-order valence-electron chi connectivity index (χ1n) is 12.7. The number of rotatable bonds is 10. The molecule has 1 aliphatic rings. The zero-order valence-corrected chi connectivity index (χ0v) is 22.7. The van der Waals surface area contributed by atoms with Gasteiger partial charge in [-0.15, -0.1) is 11.3 Å². The molecule has 1 unspecified atom stereocenters. The summed E-state index contributed by atoms with van der Waals surface area (Å²) in [6.07, 6.45) is 1.42. The van der Waals surface area contributed by atoms with Crippen LogP contribution < -0.4 is 4.74 Å². The van der Waals surface area contributed by atoms with Gasteiger partial charge in [0.1, 0.15) is 17.6 Å². The third-order valence-corrected chi connectivity index (χ3v) is 8.38. The SMILES string of the molecule is CN(CCC(Oc1cccc(CN2CCC(c3cccc(O)c3)(N(C)C)CC2)c1)c1cccs1)C(=O)O. The summed E-state index contributed by atoms with van der Waals surface area (Å²) in [6.45, 7) is 3.15. The number of thiophene rings is 1. The van der Waals surface area contributed by atoms with E-state index in [4.69, 9.17) is 4.74 Å². The van der Waals surface area contributed by atoms with E-state index in [1.807, 2.05) is 41.8 Å². The Labute approximate surface area is 223 Å². The number of amides is 1. The van der Waals surface area contributed by atoms with Crippen LogP contribution in [0.1, 0.15) is 41.4 Å². The molecule has 2 N–H and O–H groups in total. The molecule has 4 rings (SSSR count). The van der Waals surface area contributed by atoms with E-state index in [-0.39, 0.29) is 11.6 Å². The van der Waals surface area contributed by atoms with Gasteiger partial charge in [-0.05, 0) is 73.8 Å². The quantitative estimate of drug-likeness (QED) is 0.359. The second-order valence-electron chi connectivity index (χ2n) is 10.0. The monoisotopic (exact) mass is 523 g/mol. The fourth-order valence-electron chi connectivity index (χ4n) is 5.15. The highest BCUT2D eigenvalue weighted by molar-refractivity contribution is 7.10. The first-order chi connectivity index (χ1) is 17.8. The van der Waals surface area contributed by atoms with E-state index in [1.165, 1.54) is 16.0 Å². The van der Waals surface area contributed by atoms with Gasteiger partial charge in [-0.3, -0.25) is 9.80 Å². The van der Waals surface area contributed by atoms with Gasteiger partial charge in [0.2, 0.25) is 0 Å². The van der Waals surface area contributed by atoms with Crippen molar-refractivity contribution < 1.29 is 19.7 Å². The summed E-state index contributed by atoms with van der Waals surface area (Å²) in [7, 11) is 5.83. The van der Waals surface area contributed by atoms with Crippen molar-refractivity contribution in [2.24, 2.45) is 0 Å². The lowest BCUT2D eigenvalue weighted by Gasteiger charge is -2.46. The van der Waals surface area contributed by atoms with Gasteiger partial charge in [0.25, 0.3) is 0 Å². The number of ether oxygens (including phenoxy) is 1. The topological polar surface area (TPSA) is 76.5 Å². The summed E-state index contributed by atoms with van der Waals surface area (Å²) >= 11 is 1.63. The minimum Gasteiger partial charge on any atom is -0.508 e. The van der Waals surface area contributed by atoms with Crippen LogP contribution in [0.5, 0.6) is 11.5 Å². The summed E-state index contributed by atoms with van der Waals surface area (Å²) in [5.74, 6) is 1.11. The van der Waals surface area contributed by atoms with Crippen LogP contribution in [0.4, 0.5) is 4.79 Å². The van der Waals surface area contributed by atoms with Crippen LogP contribution in [-0.4, -0.2) is 71.8 Å². The van der Waals surface area contributed by atoms with E-state index < -0.39 is 6.09 Å². The molecule has 1 amide bonds. The minimum absolute atomic E-state index is 0.0861. The largest absolute Gasteiger partial charge is 0.508 e. The van der Waals surface area contributed by atoms with Crippen LogP contribution in [0.15, 0.2) is 66.0 Å². The van der Waals surface area contributed by atoms with Crippen LogP contribution in [0.3, 0.4) is 0 Å². The van der Waals surface area contributed by atoms with Crippen molar-refractivity contribution >= 4 is 17.4 Å². The van der Waals surface area contributed by atoms with Crippen LogP contribution in [0.2, 0.25) is 0 Å².